The van der Waals surface area contributed by atoms with E-state index in [4.69, 9.17) is 0 Å². The number of nitrogens with one attached hydrogen (secondary N) is 1. The van der Waals surface area contributed by atoms with Gasteiger partial charge >= 0.3 is 0 Å². The fraction of sp³-hybridized carbons (Fsp3) is 1.00. The van der Waals surface area contributed by atoms with Gasteiger partial charge in [-0.3, -0.25) is 0 Å². The van der Waals surface area contributed by atoms with Gasteiger partial charge in [0.2, 0.25) is 0 Å². The number of hydrogen-bond acceptors (Lipinski definition) is 3. The number of likely N-dealkylation sites (tertiary alicyclic amines) is 1. The standard InChI is InChI=1S/C13H28N2S/c1-3-15-10-6-7-13(8-11-15)14-9-4-5-12-16-2/h13-14H,3-12H2,1-2H3. The van der Waals surface area contributed by atoms with Crippen LogP contribution < -0.4 is 5.32 Å². The number of thioether (sulfide) groups is 1. The van der Waals surface area contributed by atoms with Gasteiger partial charge in [-0.2, -0.15) is 11.8 Å². The second-order valence-corrected chi connectivity index (χ2v) is 5.70. The van der Waals surface area contributed by atoms with Crippen LogP contribution >= 0.6 is 11.8 Å². The molecule has 1 rings (SSSR count). The Balaban J connectivity index is 2.03. The van der Waals surface area contributed by atoms with Gasteiger partial charge in [-0.1, -0.05) is 6.92 Å². The van der Waals surface area contributed by atoms with Crippen LogP contribution in [-0.4, -0.2) is 49.1 Å². The van der Waals surface area contributed by atoms with Crippen molar-refractivity contribution in [2.75, 3.05) is 38.2 Å². The Bertz CT molecular complexity index is 164. The highest BCUT2D eigenvalue weighted by molar-refractivity contribution is 7.98. The van der Waals surface area contributed by atoms with Crippen molar-refractivity contribution >= 4 is 11.8 Å². The van der Waals surface area contributed by atoms with Gasteiger partial charge in [0.05, 0.1) is 0 Å². The Morgan fingerprint density at radius 3 is 2.88 bits per heavy atom. The first kappa shape index (κ1) is 14.3. The summed E-state index contributed by atoms with van der Waals surface area (Å²) in [5, 5.41) is 3.73. The van der Waals surface area contributed by atoms with Crippen molar-refractivity contribution in [3.63, 3.8) is 0 Å². The van der Waals surface area contributed by atoms with Crippen LogP contribution in [0.2, 0.25) is 0 Å². The van der Waals surface area contributed by atoms with Gasteiger partial charge < -0.3 is 10.2 Å². The van der Waals surface area contributed by atoms with Crippen LogP contribution in [0.1, 0.15) is 39.0 Å². The molecule has 1 N–H and O–H groups in total. The Morgan fingerprint density at radius 2 is 2.12 bits per heavy atom. The average molecular weight is 244 g/mol. The first-order valence-corrected chi connectivity index (χ1v) is 8.21. The number of rotatable bonds is 7. The van der Waals surface area contributed by atoms with E-state index < -0.39 is 0 Å². The molecule has 0 aromatic heterocycles. The molecule has 2 nitrogen and oxygen atoms in total. The van der Waals surface area contributed by atoms with Crippen molar-refractivity contribution in [3.05, 3.63) is 0 Å². The molecule has 0 radical (unpaired) electrons. The Labute approximate surface area is 106 Å². The van der Waals surface area contributed by atoms with Crippen molar-refractivity contribution in [2.24, 2.45) is 0 Å². The van der Waals surface area contributed by atoms with Crippen LogP contribution in [0.15, 0.2) is 0 Å². The zero-order valence-corrected chi connectivity index (χ0v) is 11.8. The normalized spacial score (nSPS) is 23.2. The molecule has 0 aromatic rings. The predicted molar refractivity (Wildman–Crippen MR) is 75.4 cm³/mol. The van der Waals surface area contributed by atoms with Gasteiger partial charge in [-0.25, -0.2) is 0 Å². The lowest BCUT2D eigenvalue weighted by Crippen LogP contribution is -2.31. The number of unbranched alkanes of at least 4 members (excludes halogenated alkanes) is 1. The highest BCUT2D eigenvalue weighted by Crippen LogP contribution is 2.10. The Morgan fingerprint density at radius 1 is 1.25 bits per heavy atom. The SMILES string of the molecule is CCN1CCCC(NCCCCSC)CC1. The van der Waals surface area contributed by atoms with E-state index in [0.29, 0.717) is 0 Å². The maximum atomic E-state index is 3.73. The molecule has 1 aliphatic heterocycles. The summed E-state index contributed by atoms with van der Waals surface area (Å²) < 4.78 is 0. The highest BCUT2D eigenvalue weighted by atomic mass is 32.2. The van der Waals surface area contributed by atoms with Crippen molar-refractivity contribution in [2.45, 2.75) is 45.1 Å². The summed E-state index contributed by atoms with van der Waals surface area (Å²) in [6.45, 7) is 7.31. The molecule has 0 spiro atoms. The summed E-state index contributed by atoms with van der Waals surface area (Å²) in [5.74, 6) is 1.32. The smallest absolute Gasteiger partial charge is 0.00797 e. The molecule has 0 saturated carbocycles. The molecule has 3 heteroatoms. The van der Waals surface area contributed by atoms with Crippen molar-refractivity contribution < 1.29 is 0 Å². The van der Waals surface area contributed by atoms with Crippen LogP contribution in [0.25, 0.3) is 0 Å². The molecular weight excluding hydrogens is 216 g/mol. The van der Waals surface area contributed by atoms with Crippen molar-refractivity contribution in [3.8, 4) is 0 Å². The third kappa shape index (κ3) is 6.12. The predicted octanol–water partition coefficient (Wildman–Crippen LogP) is 2.59. The largest absolute Gasteiger partial charge is 0.314 e. The Kier molecular flexibility index (Phi) is 8.34. The first-order chi connectivity index (χ1) is 7.86. The van der Waals surface area contributed by atoms with Gasteiger partial charge in [0, 0.05) is 6.04 Å². The fourth-order valence-electron chi connectivity index (χ4n) is 2.35. The average Bonchev–Trinajstić information content (AvgIpc) is 2.54. The van der Waals surface area contributed by atoms with E-state index in [9.17, 15) is 0 Å². The Hall–Kier alpha value is 0.270. The van der Waals surface area contributed by atoms with Gasteiger partial charge in [0.1, 0.15) is 0 Å². The van der Waals surface area contributed by atoms with Crippen LogP contribution in [0.3, 0.4) is 0 Å². The summed E-state index contributed by atoms with van der Waals surface area (Å²) in [7, 11) is 0. The lowest BCUT2D eigenvalue weighted by atomic mass is 10.1. The summed E-state index contributed by atoms with van der Waals surface area (Å²) in [5.41, 5.74) is 0. The van der Waals surface area contributed by atoms with Crippen LogP contribution in [0.4, 0.5) is 0 Å². The summed E-state index contributed by atoms with van der Waals surface area (Å²) in [4.78, 5) is 2.58. The lowest BCUT2D eigenvalue weighted by Gasteiger charge is -2.18. The molecule has 1 saturated heterocycles. The molecule has 1 fully saturated rings. The third-order valence-electron chi connectivity index (χ3n) is 3.48. The van der Waals surface area contributed by atoms with Gasteiger partial charge in [-0.05, 0) is 70.3 Å². The molecule has 0 amide bonds. The minimum atomic E-state index is 0.783. The van der Waals surface area contributed by atoms with E-state index in [1.807, 2.05) is 11.8 Å². The van der Waals surface area contributed by atoms with Gasteiger partial charge in [0.25, 0.3) is 0 Å². The topological polar surface area (TPSA) is 15.3 Å². The van der Waals surface area contributed by atoms with Gasteiger partial charge in [0.15, 0.2) is 0 Å². The van der Waals surface area contributed by atoms with E-state index in [1.54, 1.807) is 0 Å². The molecule has 0 aliphatic carbocycles. The number of nitrogens with zero attached hydrogens (tertiary/aromatic N) is 1. The molecule has 1 heterocycles. The summed E-state index contributed by atoms with van der Waals surface area (Å²) >= 11 is 1.96. The van der Waals surface area contributed by atoms with E-state index in [-0.39, 0.29) is 0 Å². The highest BCUT2D eigenvalue weighted by Gasteiger charge is 2.14. The maximum absolute atomic E-state index is 3.73. The minimum absolute atomic E-state index is 0.783. The molecule has 16 heavy (non-hydrogen) atoms. The van der Waals surface area contributed by atoms with Crippen molar-refractivity contribution in [1.82, 2.24) is 10.2 Å². The second-order valence-electron chi connectivity index (χ2n) is 4.72. The van der Waals surface area contributed by atoms with E-state index in [1.165, 1.54) is 64.0 Å². The molecule has 0 bridgehead atoms. The quantitative estimate of drug-likeness (QED) is 0.693. The van der Waals surface area contributed by atoms with E-state index in [0.717, 1.165) is 6.04 Å². The zero-order chi connectivity index (χ0) is 11.6. The fourth-order valence-corrected chi connectivity index (χ4v) is 2.85. The van der Waals surface area contributed by atoms with Crippen LogP contribution in [-0.2, 0) is 0 Å². The monoisotopic (exact) mass is 244 g/mol. The van der Waals surface area contributed by atoms with E-state index >= 15 is 0 Å². The third-order valence-corrected chi connectivity index (χ3v) is 4.17. The molecule has 96 valence electrons. The maximum Gasteiger partial charge on any atom is 0.00797 e. The molecule has 0 aromatic carbocycles. The van der Waals surface area contributed by atoms with Crippen LogP contribution in [0.5, 0.6) is 0 Å². The molecular formula is C13H28N2S. The summed E-state index contributed by atoms with van der Waals surface area (Å²) in [6, 6.07) is 0.783. The molecule has 1 unspecified atom stereocenters. The first-order valence-electron chi connectivity index (χ1n) is 6.81. The second kappa shape index (κ2) is 9.32. The minimum Gasteiger partial charge on any atom is -0.314 e. The lowest BCUT2D eigenvalue weighted by molar-refractivity contribution is 0.297. The van der Waals surface area contributed by atoms with Crippen molar-refractivity contribution in [1.29, 1.82) is 0 Å². The zero-order valence-electron chi connectivity index (χ0n) is 11.0. The molecule has 1 atom stereocenters. The molecule has 1 aliphatic rings. The van der Waals surface area contributed by atoms with Crippen LogP contribution in [0, 0.1) is 0 Å². The number of hydrogen-bond donors (Lipinski definition) is 1. The van der Waals surface area contributed by atoms with Gasteiger partial charge in [-0.15, -0.1) is 0 Å². The summed E-state index contributed by atoms with van der Waals surface area (Å²) in [6.07, 6.45) is 8.99. The van der Waals surface area contributed by atoms with E-state index in [2.05, 4.69) is 23.4 Å².